The zero-order valence-corrected chi connectivity index (χ0v) is 10.7. The molecular weight excluding hydrogens is 254 g/mol. The Morgan fingerprint density at radius 2 is 1.93 bits per heavy atom. The van der Waals surface area contributed by atoms with Crippen molar-refractivity contribution in [3.8, 4) is 0 Å². The van der Waals surface area contributed by atoms with Gasteiger partial charge >= 0.3 is 0 Å². The average molecular weight is 270 g/mol. The van der Waals surface area contributed by atoms with Gasteiger partial charge in [0.05, 0.1) is 4.32 Å². The number of ketones is 1. The maximum Gasteiger partial charge on any atom is 0.179 e. The van der Waals surface area contributed by atoms with E-state index in [4.69, 9.17) is 5.73 Å². The van der Waals surface area contributed by atoms with Gasteiger partial charge in [0.2, 0.25) is 0 Å². The first-order chi connectivity index (χ1) is 7.01. The lowest BCUT2D eigenvalue weighted by Gasteiger charge is -2.18. The minimum Gasteiger partial charge on any atom is -0.326 e. The first kappa shape index (κ1) is 12.4. The number of hydrogen-bond acceptors (Lipinski definition) is 2. The van der Waals surface area contributed by atoms with Gasteiger partial charge in [-0.25, -0.2) is 0 Å². The molecule has 0 heterocycles. The van der Waals surface area contributed by atoms with Crippen LogP contribution in [0, 0.1) is 0 Å². The van der Waals surface area contributed by atoms with Crippen LogP contribution in [0.15, 0.2) is 24.3 Å². The third-order valence-electron chi connectivity index (χ3n) is 2.59. The number of rotatable bonds is 4. The second-order valence-electron chi connectivity index (χ2n) is 3.78. The minimum absolute atomic E-state index is 0.119. The second kappa shape index (κ2) is 4.90. The van der Waals surface area contributed by atoms with Crippen LogP contribution in [0.1, 0.15) is 36.2 Å². The molecule has 0 radical (unpaired) electrons. The fraction of sp³-hybridized carbons (Fsp3) is 0.417. The van der Waals surface area contributed by atoms with Crippen molar-refractivity contribution in [3.63, 3.8) is 0 Å². The van der Waals surface area contributed by atoms with Crippen molar-refractivity contribution in [2.75, 3.05) is 0 Å². The van der Waals surface area contributed by atoms with Gasteiger partial charge in [0.1, 0.15) is 0 Å². The van der Waals surface area contributed by atoms with E-state index < -0.39 is 4.32 Å². The molecular formula is C12H16BrNO. The van der Waals surface area contributed by atoms with Gasteiger partial charge in [0, 0.05) is 12.1 Å². The van der Waals surface area contributed by atoms with E-state index in [1.54, 1.807) is 0 Å². The minimum atomic E-state index is -0.461. The van der Waals surface area contributed by atoms with Crippen molar-refractivity contribution in [1.82, 2.24) is 0 Å². The number of benzene rings is 1. The van der Waals surface area contributed by atoms with E-state index in [0.29, 0.717) is 6.54 Å². The van der Waals surface area contributed by atoms with E-state index in [2.05, 4.69) is 15.9 Å². The molecule has 0 aromatic heterocycles. The van der Waals surface area contributed by atoms with Crippen LogP contribution in [0.4, 0.5) is 0 Å². The van der Waals surface area contributed by atoms with Gasteiger partial charge in [0.25, 0.3) is 0 Å². The third-order valence-corrected chi connectivity index (χ3v) is 3.51. The molecule has 0 saturated carbocycles. The van der Waals surface area contributed by atoms with Crippen LogP contribution in [-0.2, 0) is 6.54 Å². The predicted octanol–water partition coefficient (Wildman–Crippen LogP) is 2.89. The van der Waals surface area contributed by atoms with Crippen LogP contribution in [-0.4, -0.2) is 10.1 Å². The number of nitrogens with two attached hydrogens (primary N) is 1. The van der Waals surface area contributed by atoms with Gasteiger partial charge in [-0.2, -0.15) is 0 Å². The highest BCUT2D eigenvalue weighted by molar-refractivity contribution is 9.10. The molecule has 0 spiro atoms. The number of hydrogen-bond donors (Lipinski definition) is 1. The first-order valence-corrected chi connectivity index (χ1v) is 5.83. The molecule has 1 aromatic rings. The molecule has 82 valence electrons. The normalized spacial score (nSPS) is 14.7. The predicted molar refractivity (Wildman–Crippen MR) is 66.3 cm³/mol. The average Bonchev–Trinajstić information content (AvgIpc) is 2.28. The molecule has 2 nitrogen and oxygen atoms in total. The third kappa shape index (κ3) is 2.89. The molecule has 0 amide bonds. The molecule has 0 aliphatic carbocycles. The summed E-state index contributed by atoms with van der Waals surface area (Å²) in [5.41, 5.74) is 7.26. The molecule has 1 rings (SSSR count). The Balaban J connectivity index is 2.92. The summed E-state index contributed by atoms with van der Waals surface area (Å²) >= 11 is 3.44. The summed E-state index contributed by atoms with van der Waals surface area (Å²) < 4.78 is -0.461. The Kier molecular flexibility index (Phi) is 4.05. The van der Waals surface area contributed by atoms with Crippen molar-refractivity contribution in [3.05, 3.63) is 35.4 Å². The summed E-state index contributed by atoms with van der Waals surface area (Å²) in [6.45, 7) is 4.39. The van der Waals surface area contributed by atoms with Crippen LogP contribution >= 0.6 is 15.9 Å². The SMILES string of the molecule is CCC(C)(Br)C(=O)c1ccc(CN)cc1. The van der Waals surface area contributed by atoms with E-state index in [1.807, 2.05) is 38.1 Å². The van der Waals surface area contributed by atoms with Gasteiger partial charge in [-0.3, -0.25) is 4.79 Å². The quantitative estimate of drug-likeness (QED) is 0.675. The Hall–Kier alpha value is -0.670. The van der Waals surface area contributed by atoms with Crippen LogP contribution in [0.5, 0.6) is 0 Å². The van der Waals surface area contributed by atoms with Gasteiger partial charge < -0.3 is 5.73 Å². The number of carbonyl (C=O) groups excluding carboxylic acids is 1. The van der Waals surface area contributed by atoms with Gasteiger partial charge in [-0.05, 0) is 18.9 Å². The van der Waals surface area contributed by atoms with Crippen molar-refractivity contribution >= 4 is 21.7 Å². The van der Waals surface area contributed by atoms with Crippen molar-refractivity contribution < 1.29 is 4.79 Å². The fourth-order valence-electron chi connectivity index (χ4n) is 1.25. The van der Waals surface area contributed by atoms with E-state index in [-0.39, 0.29) is 5.78 Å². The zero-order valence-electron chi connectivity index (χ0n) is 9.09. The molecule has 0 bridgehead atoms. The van der Waals surface area contributed by atoms with Crippen LogP contribution < -0.4 is 5.73 Å². The van der Waals surface area contributed by atoms with Crippen molar-refractivity contribution in [1.29, 1.82) is 0 Å². The number of alkyl halides is 1. The summed E-state index contributed by atoms with van der Waals surface area (Å²) in [4.78, 5) is 12.0. The summed E-state index contributed by atoms with van der Waals surface area (Å²) in [5.74, 6) is 0.119. The van der Waals surface area contributed by atoms with Crippen LogP contribution in [0.2, 0.25) is 0 Å². The molecule has 0 fully saturated rings. The lowest BCUT2D eigenvalue weighted by atomic mass is 9.96. The van der Waals surface area contributed by atoms with Crippen LogP contribution in [0.25, 0.3) is 0 Å². The summed E-state index contributed by atoms with van der Waals surface area (Å²) in [6.07, 6.45) is 0.768. The van der Waals surface area contributed by atoms with Crippen molar-refractivity contribution in [2.24, 2.45) is 5.73 Å². The van der Waals surface area contributed by atoms with Gasteiger partial charge in [-0.15, -0.1) is 0 Å². The molecule has 1 atom stereocenters. The van der Waals surface area contributed by atoms with E-state index in [0.717, 1.165) is 17.5 Å². The first-order valence-electron chi connectivity index (χ1n) is 5.04. The summed E-state index contributed by atoms with van der Waals surface area (Å²) in [5, 5.41) is 0. The molecule has 0 aliphatic heterocycles. The summed E-state index contributed by atoms with van der Waals surface area (Å²) in [7, 11) is 0. The van der Waals surface area contributed by atoms with E-state index in [9.17, 15) is 4.79 Å². The Morgan fingerprint density at radius 1 is 1.40 bits per heavy atom. The number of halogens is 1. The van der Waals surface area contributed by atoms with E-state index >= 15 is 0 Å². The topological polar surface area (TPSA) is 43.1 Å². The molecule has 2 N–H and O–H groups in total. The Bertz CT molecular complexity index is 343. The maximum atomic E-state index is 12.0. The van der Waals surface area contributed by atoms with Crippen LogP contribution in [0.3, 0.4) is 0 Å². The molecule has 0 aliphatic rings. The second-order valence-corrected chi connectivity index (χ2v) is 5.53. The highest BCUT2D eigenvalue weighted by Gasteiger charge is 2.28. The van der Waals surface area contributed by atoms with Crippen molar-refractivity contribution in [2.45, 2.75) is 31.1 Å². The molecule has 1 aromatic carbocycles. The highest BCUT2D eigenvalue weighted by atomic mass is 79.9. The molecule has 0 saturated heterocycles. The largest absolute Gasteiger partial charge is 0.326 e. The monoisotopic (exact) mass is 269 g/mol. The molecule has 1 unspecified atom stereocenters. The van der Waals surface area contributed by atoms with Gasteiger partial charge in [0.15, 0.2) is 5.78 Å². The lowest BCUT2D eigenvalue weighted by Crippen LogP contribution is -2.27. The Morgan fingerprint density at radius 3 is 2.33 bits per heavy atom. The molecule has 15 heavy (non-hydrogen) atoms. The number of Topliss-reactive ketones (excluding diaryl/α,β-unsaturated/α-hetero) is 1. The Labute approximate surface area is 99.0 Å². The van der Waals surface area contributed by atoms with E-state index in [1.165, 1.54) is 0 Å². The number of carbonyl (C=O) groups is 1. The smallest absolute Gasteiger partial charge is 0.179 e. The fourth-order valence-corrected chi connectivity index (χ4v) is 1.48. The molecule has 3 heteroatoms. The lowest BCUT2D eigenvalue weighted by molar-refractivity contribution is 0.0952. The highest BCUT2D eigenvalue weighted by Crippen LogP contribution is 2.26. The van der Waals surface area contributed by atoms with Gasteiger partial charge in [-0.1, -0.05) is 47.1 Å². The zero-order chi connectivity index (χ0) is 11.5. The standard InChI is InChI=1S/C12H16BrNO/c1-3-12(2,13)11(15)10-6-4-9(8-14)5-7-10/h4-7H,3,8,14H2,1-2H3. The maximum absolute atomic E-state index is 12.0. The summed E-state index contributed by atoms with van der Waals surface area (Å²) in [6, 6.07) is 7.46.